The van der Waals surface area contributed by atoms with E-state index < -0.39 is 0 Å². The van der Waals surface area contributed by atoms with Gasteiger partial charge in [-0.1, -0.05) is 24.3 Å². The predicted octanol–water partition coefficient (Wildman–Crippen LogP) is 3.08. The van der Waals surface area contributed by atoms with Crippen molar-refractivity contribution in [3.63, 3.8) is 0 Å². The van der Waals surface area contributed by atoms with Gasteiger partial charge in [-0.3, -0.25) is 0 Å². The zero-order valence-electron chi connectivity index (χ0n) is 10.9. The van der Waals surface area contributed by atoms with Crippen molar-refractivity contribution in [3.05, 3.63) is 35.4 Å². The quantitative estimate of drug-likeness (QED) is 0.844. The van der Waals surface area contributed by atoms with Gasteiger partial charge >= 0.3 is 0 Å². The number of rotatable bonds is 5. The van der Waals surface area contributed by atoms with E-state index in [1.807, 2.05) is 7.05 Å². The molecular formula is C15H23NO. The summed E-state index contributed by atoms with van der Waals surface area (Å²) in [4.78, 5) is 0. The number of benzene rings is 1. The van der Waals surface area contributed by atoms with Crippen LogP contribution in [0.15, 0.2) is 24.3 Å². The van der Waals surface area contributed by atoms with E-state index in [0.717, 1.165) is 13.0 Å². The highest BCUT2D eigenvalue weighted by molar-refractivity contribution is 5.31. The lowest BCUT2D eigenvalue weighted by atomic mass is 9.89. The summed E-state index contributed by atoms with van der Waals surface area (Å²) in [6.45, 7) is 3.04. The molecule has 0 aliphatic heterocycles. The number of hydrogen-bond donors (Lipinski definition) is 1. The van der Waals surface area contributed by atoms with E-state index in [2.05, 4.69) is 36.5 Å². The first-order valence-electron chi connectivity index (χ1n) is 6.68. The third-order valence-corrected chi connectivity index (χ3v) is 3.68. The first-order chi connectivity index (χ1) is 8.31. The monoisotopic (exact) mass is 233 g/mol. The molecule has 0 aromatic heterocycles. The fraction of sp³-hybridized carbons (Fsp3) is 0.600. The highest BCUT2D eigenvalue weighted by Crippen LogP contribution is 2.32. The Kier molecular flexibility index (Phi) is 4.57. The SMILES string of the molecule is CNC(C)CCOC1CCCc2ccccc21. The van der Waals surface area contributed by atoms with Crippen molar-refractivity contribution in [1.82, 2.24) is 5.32 Å². The average molecular weight is 233 g/mol. The van der Waals surface area contributed by atoms with Gasteiger partial charge in [-0.15, -0.1) is 0 Å². The molecule has 0 heterocycles. The molecule has 0 amide bonds. The van der Waals surface area contributed by atoms with Gasteiger partial charge in [-0.05, 0) is 50.8 Å². The molecule has 2 rings (SSSR count). The highest BCUT2D eigenvalue weighted by Gasteiger charge is 2.19. The largest absolute Gasteiger partial charge is 0.373 e. The summed E-state index contributed by atoms with van der Waals surface area (Å²) in [7, 11) is 2.00. The van der Waals surface area contributed by atoms with Crippen molar-refractivity contribution < 1.29 is 4.74 Å². The fourth-order valence-electron chi connectivity index (χ4n) is 2.41. The molecule has 2 unspecified atom stereocenters. The van der Waals surface area contributed by atoms with Crippen LogP contribution >= 0.6 is 0 Å². The maximum Gasteiger partial charge on any atom is 0.0827 e. The Morgan fingerprint density at radius 2 is 2.24 bits per heavy atom. The zero-order chi connectivity index (χ0) is 12.1. The van der Waals surface area contributed by atoms with E-state index in [9.17, 15) is 0 Å². The average Bonchev–Trinajstić information content (AvgIpc) is 2.39. The van der Waals surface area contributed by atoms with Crippen LogP contribution in [-0.4, -0.2) is 19.7 Å². The third-order valence-electron chi connectivity index (χ3n) is 3.68. The van der Waals surface area contributed by atoms with Gasteiger partial charge in [0.2, 0.25) is 0 Å². The van der Waals surface area contributed by atoms with Crippen LogP contribution in [0.4, 0.5) is 0 Å². The topological polar surface area (TPSA) is 21.3 Å². The summed E-state index contributed by atoms with van der Waals surface area (Å²) in [5, 5.41) is 3.24. The van der Waals surface area contributed by atoms with Crippen LogP contribution < -0.4 is 5.32 Å². The highest BCUT2D eigenvalue weighted by atomic mass is 16.5. The maximum absolute atomic E-state index is 6.04. The first kappa shape index (κ1) is 12.6. The molecule has 0 spiro atoms. The van der Waals surface area contributed by atoms with Gasteiger partial charge in [0.25, 0.3) is 0 Å². The Balaban J connectivity index is 1.90. The second-order valence-corrected chi connectivity index (χ2v) is 4.93. The summed E-state index contributed by atoms with van der Waals surface area (Å²) in [6.07, 6.45) is 5.04. The van der Waals surface area contributed by atoms with Crippen LogP contribution in [0, 0.1) is 0 Å². The van der Waals surface area contributed by atoms with E-state index in [1.54, 1.807) is 0 Å². The van der Waals surface area contributed by atoms with Crippen molar-refractivity contribution in [3.8, 4) is 0 Å². The lowest BCUT2D eigenvalue weighted by Crippen LogP contribution is -2.23. The zero-order valence-corrected chi connectivity index (χ0v) is 10.9. The molecule has 0 bridgehead atoms. The van der Waals surface area contributed by atoms with Gasteiger partial charge in [-0.25, -0.2) is 0 Å². The molecule has 1 aliphatic rings. The minimum absolute atomic E-state index is 0.323. The number of nitrogens with one attached hydrogen (secondary N) is 1. The molecular weight excluding hydrogens is 210 g/mol. The van der Waals surface area contributed by atoms with Gasteiger partial charge in [0, 0.05) is 12.6 Å². The van der Waals surface area contributed by atoms with Crippen LogP contribution in [0.5, 0.6) is 0 Å². The van der Waals surface area contributed by atoms with Gasteiger partial charge in [-0.2, -0.15) is 0 Å². The molecule has 1 aliphatic carbocycles. The minimum atomic E-state index is 0.323. The van der Waals surface area contributed by atoms with Gasteiger partial charge < -0.3 is 10.1 Å². The van der Waals surface area contributed by atoms with Crippen LogP contribution in [0.3, 0.4) is 0 Å². The molecule has 2 heteroatoms. The maximum atomic E-state index is 6.04. The second-order valence-electron chi connectivity index (χ2n) is 4.93. The third kappa shape index (κ3) is 3.30. The molecule has 94 valence electrons. The molecule has 17 heavy (non-hydrogen) atoms. The Bertz CT molecular complexity index is 351. The number of hydrogen-bond acceptors (Lipinski definition) is 2. The van der Waals surface area contributed by atoms with Crippen LogP contribution in [0.1, 0.15) is 43.4 Å². The van der Waals surface area contributed by atoms with Crippen LogP contribution in [-0.2, 0) is 11.2 Å². The Labute approximate surface area is 104 Å². The van der Waals surface area contributed by atoms with E-state index in [-0.39, 0.29) is 0 Å². The van der Waals surface area contributed by atoms with E-state index in [4.69, 9.17) is 4.74 Å². The molecule has 1 aromatic rings. The predicted molar refractivity (Wildman–Crippen MR) is 71.2 cm³/mol. The van der Waals surface area contributed by atoms with Gasteiger partial charge in [0.1, 0.15) is 0 Å². The smallest absolute Gasteiger partial charge is 0.0827 e. The van der Waals surface area contributed by atoms with Crippen molar-refractivity contribution >= 4 is 0 Å². The van der Waals surface area contributed by atoms with Crippen LogP contribution in [0.25, 0.3) is 0 Å². The van der Waals surface area contributed by atoms with E-state index >= 15 is 0 Å². The molecule has 2 atom stereocenters. The van der Waals surface area contributed by atoms with Crippen molar-refractivity contribution in [2.45, 2.75) is 44.8 Å². The Hall–Kier alpha value is -0.860. The summed E-state index contributed by atoms with van der Waals surface area (Å²) in [5.41, 5.74) is 2.89. The van der Waals surface area contributed by atoms with E-state index in [0.29, 0.717) is 12.1 Å². The normalized spacial score (nSPS) is 20.9. The number of fused-ring (bicyclic) bond motifs is 1. The lowest BCUT2D eigenvalue weighted by Gasteiger charge is -2.26. The summed E-state index contributed by atoms with van der Waals surface area (Å²) in [5.74, 6) is 0. The standard InChI is InChI=1S/C15H23NO/c1-12(16-2)10-11-17-15-9-5-7-13-6-3-4-8-14(13)15/h3-4,6,8,12,15-16H,5,7,9-11H2,1-2H3. The van der Waals surface area contributed by atoms with Crippen molar-refractivity contribution in [2.75, 3.05) is 13.7 Å². The Morgan fingerprint density at radius 3 is 3.06 bits per heavy atom. The molecule has 2 nitrogen and oxygen atoms in total. The van der Waals surface area contributed by atoms with Gasteiger partial charge in [0.05, 0.1) is 6.10 Å². The van der Waals surface area contributed by atoms with E-state index in [1.165, 1.54) is 30.4 Å². The molecule has 0 fully saturated rings. The Morgan fingerprint density at radius 1 is 1.41 bits per heavy atom. The molecule has 0 saturated carbocycles. The number of aryl methyl sites for hydroxylation is 1. The summed E-state index contributed by atoms with van der Waals surface area (Å²) < 4.78 is 6.04. The fourth-order valence-corrected chi connectivity index (χ4v) is 2.41. The second kappa shape index (κ2) is 6.18. The number of ether oxygens (including phenoxy) is 1. The van der Waals surface area contributed by atoms with Crippen LogP contribution in [0.2, 0.25) is 0 Å². The molecule has 0 saturated heterocycles. The molecule has 1 aromatic carbocycles. The molecule has 0 radical (unpaired) electrons. The van der Waals surface area contributed by atoms with Crippen molar-refractivity contribution in [1.29, 1.82) is 0 Å². The summed E-state index contributed by atoms with van der Waals surface area (Å²) >= 11 is 0. The molecule has 1 N–H and O–H groups in total. The van der Waals surface area contributed by atoms with Crippen molar-refractivity contribution in [2.24, 2.45) is 0 Å². The first-order valence-corrected chi connectivity index (χ1v) is 6.68. The lowest BCUT2D eigenvalue weighted by molar-refractivity contribution is 0.0361. The summed E-state index contributed by atoms with van der Waals surface area (Å²) in [6, 6.07) is 9.25. The minimum Gasteiger partial charge on any atom is -0.373 e. The van der Waals surface area contributed by atoms with Gasteiger partial charge in [0.15, 0.2) is 0 Å².